The summed E-state index contributed by atoms with van der Waals surface area (Å²) < 4.78 is 0. The van der Waals surface area contributed by atoms with E-state index in [0.717, 1.165) is 24.7 Å². The van der Waals surface area contributed by atoms with Crippen molar-refractivity contribution < 1.29 is 0 Å². The fraction of sp³-hybridized carbons (Fsp3) is 0.889. The molecule has 1 fully saturated rings. The van der Waals surface area contributed by atoms with Crippen molar-refractivity contribution in [1.29, 1.82) is 0 Å². The molecular formula is C18H34N2. The van der Waals surface area contributed by atoms with Crippen molar-refractivity contribution in [3.8, 4) is 0 Å². The number of nitrogens with zero attached hydrogens (tertiary/aromatic N) is 2. The number of aliphatic imine (C=N–C) groups is 2. The van der Waals surface area contributed by atoms with Gasteiger partial charge in [0.15, 0.2) is 0 Å². The van der Waals surface area contributed by atoms with Crippen molar-refractivity contribution >= 4 is 11.4 Å². The molecule has 0 aliphatic heterocycles. The minimum absolute atomic E-state index is 0.561. The maximum absolute atomic E-state index is 4.91. The molecule has 2 nitrogen and oxygen atoms in total. The lowest BCUT2D eigenvalue weighted by molar-refractivity contribution is 0.396. The molecule has 0 aromatic carbocycles. The second kappa shape index (κ2) is 8.59. The number of hydrogen-bond donors (Lipinski definition) is 0. The highest BCUT2D eigenvalue weighted by Crippen LogP contribution is 2.24. The monoisotopic (exact) mass is 278 g/mol. The second-order valence-electron chi connectivity index (χ2n) is 7.39. The van der Waals surface area contributed by atoms with E-state index in [1.807, 2.05) is 0 Å². The van der Waals surface area contributed by atoms with E-state index < -0.39 is 0 Å². The van der Waals surface area contributed by atoms with Crippen LogP contribution in [0, 0.1) is 11.8 Å². The SMILES string of the molecule is CC(CC(C)C)=NC1CCC(N=C(C)CC(C)C)CC1. The van der Waals surface area contributed by atoms with E-state index in [9.17, 15) is 0 Å². The van der Waals surface area contributed by atoms with Gasteiger partial charge in [0.25, 0.3) is 0 Å². The van der Waals surface area contributed by atoms with Gasteiger partial charge in [-0.1, -0.05) is 27.7 Å². The van der Waals surface area contributed by atoms with Gasteiger partial charge in [0, 0.05) is 23.5 Å². The summed E-state index contributed by atoms with van der Waals surface area (Å²) in [6.07, 6.45) is 7.17. The normalized spacial score (nSPS) is 25.6. The third kappa shape index (κ3) is 7.21. The minimum atomic E-state index is 0.561. The van der Waals surface area contributed by atoms with Gasteiger partial charge in [0.1, 0.15) is 0 Å². The molecule has 0 bridgehead atoms. The average Bonchev–Trinajstić information content (AvgIpc) is 2.29. The first kappa shape index (κ1) is 17.4. The summed E-state index contributed by atoms with van der Waals surface area (Å²) in [5.41, 5.74) is 2.67. The summed E-state index contributed by atoms with van der Waals surface area (Å²) in [6, 6.07) is 1.12. The van der Waals surface area contributed by atoms with Gasteiger partial charge in [-0.25, -0.2) is 0 Å². The van der Waals surface area contributed by atoms with E-state index in [-0.39, 0.29) is 0 Å². The van der Waals surface area contributed by atoms with Crippen LogP contribution in [0.5, 0.6) is 0 Å². The molecule has 1 aliphatic rings. The summed E-state index contributed by atoms with van der Waals surface area (Å²) in [4.78, 5) is 9.81. The number of hydrogen-bond acceptors (Lipinski definition) is 2. The Balaban J connectivity index is 2.40. The molecule has 0 saturated heterocycles. The van der Waals surface area contributed by atoms with Gasteiger partial charge in [-0.05, 0) is 64.2 Å². The van der Waals surface area contributed by atoms with Crippen LogP contribution in [0.15, 0.2) is 9.98 Å². The molecule has 0 amide bonds. The standard InChI is InChI=1S/C18H34N2/c1-13(2)11-15(5)19-17-7-9-18(10-8-17)20-16(6)12-14(3)4/h13-14,17-18H,7-12H2,1-6H3. The van der Waals surface area contributed by atoms with Crippen LogP contribution in [-0.2, 0) is 0 Å². The predicted molar refractivity (Wildman–Crippen MR) is 91.2 cm³/mol. The van der Waals surface area contributed by atoms with E-state index in [1.54, 1.807) is 0 Å². The Morgan fingerprint density at radius 2 is 1.05 bits per heavy atom. The highest BCUT2D eigenvalue weighted by molar-refractivity contribution is 5.82. The first-order valence-corrected chi connectivity index (χ1v) is 8.43. The van der Waals surface area contributed by atoms with Crippen molar-refractivity contribution in [3.63, 3.8) is 0 Å². The van der Waals surface area contributed by atoms with Crippen LogP contribution in [-0.4, -0.2) is 23.5 Å². The summed E-state index contributed by atoms with van der Waals surface area (Å²) in [7, 11) is 0. The van der Waals surface area contributed by atoms with Crippen LogP contribution in [0.4, 0.5) is 0 Å². The zero-order valence-corrected chi connectivity index (χ0v) is 14.4. The minimum Gasteiger partial charge on any atom is -0.291 e. The van der Waals surface area contributed by atoms with E-state index in [1.165, 1.54) is 37.1 Å². The molecule has 20 heavy (non-hydrogen) atoms. The predicted octanol–water partition coefficient (Wildman–Crippen LogP) is 5.31. The smallest absolute Gasteiger partial charge is 0.0500 e. The van der Waals surface area contributed by atoms with Crippen molar-refractivity contribution in [2.45, 2.75) is 92.2 Å². The Kier molecular flexibility index (Phi) is 7.47. The highest BCUT2D eigenvalue weighted by Gasteiger charge is 2.20. The fourth-order valence-corrected chi connectivity index (χ4v) is 3.23. The summed E-state index contributed by atoms with van der Waals surface area (Å²) >= 11 is 0. The van der Waals surface area contributed by atoms with Gasteiger partial charge in [0.2, 0.25) is 0 Å². The van der Waals surface area contributed by atoms with E-state index in [4.69, 9.17) is 9.98 Å². The lowest BCUT2D eigenvalue weighted by atomic mass is 9.91. The van der Waals surface area contributed by atoms with Gasteiger partial charge in [-0.3, -0.25) is 9.98 Å². The quantitative estimate of drug-likeness (QED) is 0.588. The zero-order valence-electron chi connectivity index (χ0n) is 14.4. The van der Waals surface area contributed by atoms with Crippen LogP contribution < -0.4 is 0 Å². The lowest BCUT2D eigenvalue weighted by Crippen LogP contribution is -2.22. The first-order valence-electron chi connectivity index (χ1n) is 8.43. The maximum Gasteiger partial charge on any atom is 0.0500 e. The Morgan fingerprint density at radius 1 is 0.750 bits per heavy atom. The third-order valence-corrected chi connectivity index (χ3v) is 3.88. The van der Waals surface area contributed by atoms with Crippen molar-refractivity contribution in [2.75, 3.05) is 0 Å². The zero-order chi connectivity index (χ0) is 15.1. The van der Waals surface area contributed by atoms with E-state index in [0.29, 0.717) is 12.1 Å². The Bertz CT molecular complexity index is 297. The van der Waals surface area contributed by atoms with Gasteiger partial charge < -0.3 is 0 Å². The van der Waals surface area contributed by atoms with Crippen molar-refractivity contribution in [1.82, 2.24) is 0 Å². The van der Waals surface area contributed by atoms with Gasteiger partial charge in [-0.2, -0.15) is 0 Å². The molecule has 1 rings (SSSR count). The Labute approximate surface area is 126 Å². The number of rotatable bonds is 6. The van der Waals surface area contributed by atoms with Crippen LogP contribution >= 0.6 is 0 Å². The molecule has 0 atom stereocenters. The first-order chi connectivity index (χ1) is 9.36. The molecule has 116 valence electrons. The molecular weight excluding hydrogens is 244 g/mol. The summed E-state index contributed by atoms with van der Waals surface area (Å²) in [5, 5.41) is 0. The highest BCUT2D eigenvalue weighted by atomic mass is 14.8. The van der Waals surface area contributed by atoms with Crippen LogP contribution in [0.2, 0.25) is 0 Å². The lowest BCUT2D eigenvalue weighted by Gasteiger charge is -2.25. The van der Waals surface area contributed by atoms with E-state index in [2.05, 4.69) is 41.5 Å². The Hall–Kier alpha value is -0.660. The summed E-state index contributed by atoms with van der Waals surface area (Å²) in [6.45, 7) is 13.4. The average molecular weight is 278 g/mol. The molecule has 0 heterocycles. The molecule has 0 aromatic rings. The topological polar surface area (TPSA) is 24.7 Å². The van der Waals surface area contributed by atoms with Crippen LogP contribution in [0.1, 0.15) is 80.1 Å². The molecule has 0 radical (unpaired) electrons. The Morgan fingerprint density at radius 3 is 1.30 bits per heavy atom. The largest absolute Gasteiger partial charge is 0.291 e. The second-order valence-corrected chi connectivity index (χ2v) is 7.39. The van der Waals surface area contributed by atoms with Gasteiger partial charge in [0.05, 0.1) is 0 Å². The van der Waals surface area contributed by atoms with Gasteiger partial charge in [-0.15, -0.1) is 0 Å². The van der Waals surface area contributed by atoms with Crippen LogP contribution in [0.3, 0.4) is 0 Å². The van der Waals surface area contributed by atoms with Crippen molar-refractivity contribution in [3.05, 3.63) is 0 Å². The molecule has 1 aliphatic carbocycles. The molecule has 1 saturated carbocycles. The van der Waals surface area contributed by atoms with Gasteiger partial charge >= 0.3 is 0 Å². The third-order valence-electron chi connectivity index (χ3n) is 3.88. The fourth-order valence-electron chi connectivity index (χ4n) is 3.23. The van der Waals surface area contributed by atoms with Crippen molar-refractivity contribution in [2.24, 2.45) is 21.8 Å². The molecule has 0 unspecified atom stereocenters. The molecule has 2 heteroatoms. The van der Waals surface area contributed by atoms with E-state index >= 15 is 0 Å². The summed E-state index contributed by atoms with van der Waals surface area (Å²) in [5.74, 6) is 1.44. The molecule has 0 aromatic heterocycles. The maximum atomic E-state index is 4.91. The molecule has 0 N–H and O–H groups in total. The molecule has 0 spiro atoms. The van der Waals surface area contributed by atoms with Crippen LogP contribution in [0.25, 0.3) is 0 Å².